The number of carbonyl (C=O) groups excluding carboxylic acids is 1. The molecule has 26 heavy (non-hydrogen) atoms. The van der Waals surface area contributed by atoms with Crippen LogP contribution in [0.25, 0.3) is 26.8 Å². The molecule has 0 unspecified atom stereocenters. The molecular weight excluding hydrogens is 352 g/mol. The molecule has 0 aliphatic carbocycles. The summed E-state index contributed by atoms with van der Waals surface area (Å²) in [4.78, 5) is 13.9. The van der Waals surface area contributed by atoms with Crippen molar-refractivity contribution in [2.24, 2.45) is 0 Å². The minimum Gasteiger partial charge on any atom is -0.507 e. The molecule has 1 aromatic carbocycles. The zero-order chi connectivity index (χ0) is 17.9. The van der Waals surface area contributed by atoms with Gasteiger partial charge in [0, 0.05) is 11.0 Å². The van der Waals surface area contributed by atoms with Crippen LogP contribution in [-0.4, -0.2) is 31.5 Å². The van der Waals surface area contributed by atoms with E-state index in [1.54, 1.807) is 6.07 Å². The summed E-state index contributed by atoms with van der Waals surface area (Å²) in [5, 5.41) is 23.1. The van der Waals surface area contributed by atoms with E-state index < -0.39 is 5.78 Å². The minimum atomic E-state index is -0.556. The zero-order valence-electron chi connectivity index (χ0n) is 13.3. The van der Waals surface area contributed by atoms with Crippen LogP contribution in [0.4, 0.5) is 0 Å². The normalized spacial score (nSPS) is 11.6. The van der Waals surface area contributed by atoms with Crippen LogP contribution in [0.15, 0.2) is 65.3 Å². The summed E-state index contributed by atoms with van der Waals surface area (Å²) >= 11 is 1.54. The number of allylic oxidation sites excluding steroid dienone is 1. The third-order valence-electron chi connectivity index (χ3n) is 3.66. The maximum Gasteiger partial charge on any atom is 0.244 e. The molecule has 8 heteroatoms. The monoisotopic (exact) mass is 364 g/mol. The van der Waals surface area contributed by atoms with Gasteiger partial charge in [-0.15, -0.1) is 21.5 Å². The lowest BCUT2D eigenvalue weighted by Crippen LogP contribution is -1.99. The number of aliphatic hydroxyl groups is 1. The first-order valence-corrected chi connectivity index (χ1v) is 8.46. The number of tetrazole rings is 1. The number of aliphatic hydroxyl groups excluding tert-OH is 1. The third-order valence-corrected chi connectivity index (χ3v) is 4.80. The highest BCUT2D eigenvalue weighted by molar-refractivity contribution is 7.18. The van der Waals surface area contributed by atoms with Gasteiger partial charge in [-0.25, -0.2) is 0 Å². The second kappa shape index (κ2) is 6.77. The average Bonchev–Trinajstić information content (AvgIpc) is 3.43. The van der Waals surface area contributed by atoms with Gasteiger partial charge in [0.05, 0.1) is 16.7 Å². The van der Waals surface area contributed by atoms with E-state index in [1.165, 1.54) is 17.6 Å². The number of ketones is 1. The van der Waals surface area contributed by atoms with Gasteiger partial charge in [0.1, 0.15) is 5.76 Å². The standard InChI is InChI=1S/C18H12N4O3S/c23-13(10-14(24)18-19-21-22-20-18)12-8-9-25-17(12)16-7-6-15(26-16)11-4-2-1-3-5-11/h1-10,23H,(H,19,20,21,22). The second-order valence-corrected chi connectivity index (χ2v) is 6.41. The number of hydrogen-bond acceptors (Lipinski definition) is 7. The van der Waals surface area contributed by atoms with E-state index >= 15 is 0 Å². The minimum absolute atomic E-state index is 0.121. The van der Waals surface area contributed by atoms with Crippen molar-refractivity contribution >= 4 is 22.9 Å². The van der Waals surface area contributed by atoms with Crippen molar-refractivity contribution in [2.45, 2.75) is 0 Å². The molecule has 4 rings (SSSR count). The number of rotatable bonds is 5. The van der Waals surface area contributed by atoms with Crippen molar-refractivity contribution in [3.05, 3.63) is 72.3 Å². The van der Waals surface area contributed by atoms with Gasteiger partial charge in [-0.3, -0.25) is 4.79 Å². The van der Waals surface area contributed by atoms with Crippen LogP contribution < -0.4 is 0 Å². The number of thiophene rings is 1. The number of furan rings is 1. The molecule has 0 fully saturated rings. The molecule has 0 bridgehead atoms. The van der Waals surface area contributed by atoms with Gasteiger partial charge in [0.25, 0.3) is 0 Å². The molecule has 3 heterocycles. The summed E-state index contributed by atoms with van der Waals surface area (Å²) in [6.07, 6.45) is 2.51. The molecule has 4 aromatic rings. The van der Waals surface area contributed by atoms with E-state index in [0.29, 0.717) is 11.3 Å². The van der Waals surface area contributed by atoms with E-state index in [1.807, 2.05) is 42.5 Å². The number of H-pyrrole nitrogens is 1. The van der Waals surface area contributed by atoms with E-state index in [9.17, 15) is 9.90 Å². The van der Waals surface area contributed by atoms with Crippen molar-refractivity contribution in [1.29, 1.82) is 0 Å². The average molecular weight is 364 g/mol. The quantitative estimate of drug-likeness (QED) is 0.315. The number of aromatic nitrogens is 4. The molecule has 7 nitrogen and oxygen atoms in total. The summed E-state index contributed by atoms with van der Waals surface area (Å²) in [5.41, 5.74) is 1.52. The van der Waals surface area contributed by atoms with Crippen LogP contribution in [0.5, 0.6) is 0 Å². The van der Waals surface area contributed by atoms with E-state index in [0.717, 1.165) is 21.4 Å². The number of nitrogens with zero attached hydrogens (tertiary/aromatic N) is 3. The van der Waals surface area contributed by atoms with Gasteiger partial charge < -0.3 is 9.52 Å². The van der Waals surface area contributed by atoms with Crippen LogP contribution in [0.2, 0.25) is 0 Å². The zero-order valence-corrected chi connectivity index (χ0v) is 14.1. The Morgan fingerprint density at radius 1 is 1.12 bits per heavy atom. The highest BCUT2D eigenvalue weighted by atomic mass is 32.1. The van der Waals surface area contributed by atoms with Crippen LogP contribution in [0.1, 0.15) is 16.2 Å². The van der Waals surface area contributed by atoms with Crippen LogP contribution >= 0.6 is 11.3 Å². The van der Waals surface area contributed by atoms with Crippen molar-refractivity contribution < 1.29 is 14.3 Å². The van der Waals surface area contributed by atoms with Crippen molar-refractivity contribution in [3.63, 3.8) is 0 Å². The lowest BCUT2D eigenvalue weighted by atomic mass is 10.1. The molecule has 0 amide bonds. The largest absolute Gasteiger partial charge is 0.507 e. The first-order chi connectivity index (χ1) is 12.7. The van der Waals surface area contributed by atoms with E-state index in [4.69, 9.17) is 4.42 Å². The van der Waals surface area contributed by atoms with Crippen LogP contribution in [-0.2, 0) is 0 Å². The van der Waals surface area contributed by atoms with Crippen molar-refractivity contribution in [3.8, 4) is 21.1 Å². The molecule has 0 spiro atoms. The summed E-state index contributed by atoms with van der Waals surface area (Å²) in [7, 11) is 0. The van der Waals surface area contributed by atoms with E-state index in [2.05, 4.69) is 20.6 Å². The lowest BCUT2D eigenvalue weighted by Gasteiger charge is -2.00. The highest BCUT2D eigenvalue weighted by Crippen LogP contribution is 2.37. The van der Waals surface area contributed by atoms with Gasteiger partial charge in [-0.05, 0) is 29.0 Å². The summed E-state index contributed by atoms with van der Waals surface area (Å²) in [5.74, 6) is -0.409. The predicted molar refractivity (Wildman–Crippen MR) is 96.6 cm³/mol. The Hall–Kier alpha value is -3.52. The predicted octanol–water partition coefficient (Wildman–Crippen LogP) is 3.97. The fourth-order valence-electron chi connectivity index (χ4n) is 2.45. The highest BCUT2D eigenvalue weighted by Gasteiger charge is 2.17. The topological polar surface area (TPSA) is 105 Å². The Labute approximate surface area is 151 Å². The van der Waals surface area contributed by atoms with Gasteiger partial charge >= 0.3 is 0 Å². The Morgan fingerprint density at radius 3 is 2.69 bits per heavy atom. The Morgan fingerprint density at radius 2 is 1.92 bits per heavy atom. The SMILES string of the molecule is O=C(C=C(O)c1ccoc1-c1ccc(-c2ccccc2)s1)c1nn[nH]n1. The van der Waals surface area contributed by atoms with Gasteiger partial charge in [-0.1, -0.05) is 30.3 Å². The van der Waals surface area contributed by atoms with Crippen LogP contribution in [0.3, 0.4) is 0 Å². The number of aromatic amines is 1. The van der Waals surface area contributed by atoms with Gasteiger partial charge in [-0.2, -0.15) is 5.21 Å². The fourth-order valence-corrected chi connectivity index (χ4v) is 3.47. The fraction of sp³-hybridized carbons (Fsp3) is 0. The molecule has 0 aliphatic rings. The Bertz CT molecular complexity index is 1070. The summed E-state index contributed by atoms with van der Waals surface area (Å²) in [6, 6.07) is 15.5. The number of hydrogen-bond donors (Lipinski definition) is 2. The molecule has 0 radical (unpaired) electrons. The first kappa shape index (κ1) is 16.0. The van der Waals surface area contributed by atoms with Gasteiger partial charge in [0.2, 0.25) is 11.6 Å². The first-order valence-electron chi connectivity index (χ1n) is 7.64. The summed E-state index contributed by atoms with van der Waals surface area (Å²) in [6.45, 7) is 0. The Kier molecular flexibility index (Phi) is 4.16. The molecule has 128 valence electrons. The molecule has 0 saturated carbocycles. The molecule has 0 saturated heterocycles. The number of benzene rings is 1. The lowest BCUT2D eigenvalue weighted by molar-refractivity contribution is 0.103. The molecule has 0 aliphatic heterocycles. The maximum atomic E-state index is 12.0. The van der Waals surface area contributed by atoms with E-state index in [-0.39, 0.29) is 11.6 Å². The van der Waals surface area contributed by atoms with Crippen LogP contribution in [0, 0.1) is 0 Å². The van der Waals surface area contributed by atoms with Crippen molar-refractivity contribution in [1.82, 2.24) is 20.6 Å². The molecule has 3 aromatic heterocycles. The molecule has 0 atom stereocenters. The van der Waals surface area contributed by atoms with Gasteiger partial charge in [0.15, 0.2) is 5.76 Å². The number of nitrogens with one attached hydrogen (secondary N) is 1. The maximum absolute atomic E-state index is 12.0. The summed E-state index contributed by atoms with van der Waals surface area (Å²) < 4.78 is 5.54. The third kappa shape index (κ3) is 3.05. The second-order valence-electron chi connectivity index (χ2n) is 5.32. The number of carbonyl (C=O) groups is 1. The Balaban J connectivity index is 1.65. The molecular formula is C18H12N4O3S. The molecule has 2 N–H and O–H groups in total. The smallest absolute Gasteiger partial charge is 0.244 e. The van der Waals surface area contributed by atoms with Crippen molar-refractivity contribution in [2.75, 3.05) is 0 Å².